The SMILES string of the molecule is CCC[C@H](OC(=O)[C@@H]1[C@H]2C[C@H]3[C@H](OC(=O)[C@@H]31)[C@H]2Br)C(=O)c1ccccc1. The molecule has 0 spiro atoms. The van der Waals surface area contributed by atoms with Crippen molar-refractivity contribution < 1.29 is 23.9 Å². The number of ketones is 1. The number of hydrogen-bond donors (Lipinski definition) is 0. The number of esters is 2. The van der Waals surface area contributed by atoms with E-state index in [2.05, 4.69) is 15.9 Å². The van der Waals surface area contributed by atoms with E-state index in [1.54, 1.807) is 24.3 Å². The second-order valence-corrected chi connectivity index (χ2v) is 8.46. The van der Waals surface area contributed by atoms with Crippen molar-refractivity contribution in [2.75, 3.05) is 0 Å². The van der Waals surface area contributed by atoms with Crippen molar-refractivity contribution in [2.45, 2.75) is 43.2 Å². The zero-order valence-corrected chi connectivity index (χ0v) is 16.1. The fourth-order valence-electron chi connectivity index (χ4n) is 4.81. The lowest BCUT2D eigenvalue weighted by molar-refractivity contribution is -0.158. The highest BCUT2D eigenvalue weighted by molar-refractivity contribution is 9.09. The average Bonchev–Trinajstić information content (AvgIpc) is 3.25. The zero-order valence-electron chi connectivity index (χ0n) is 14.5. The van der Waals surface area contributed by atoms with Gasteiger partial charge < -0.3 is 9.47 Å². The average molecular weight is 421 g/mol. The number of alkyl halides is 1. The van der Waals surface area contributed by atoms with E-state index in [-0.39, 0.29) is 34.5 Å². The highest BCUT2D eigenvalue weighted by atomic mass is 79.9. The third-order valence-corrected chi connectivity index (χ3v) is 7.16. The van der Waals surface area contributed by atoms with E-state index in [1.165, 1.54) is 0 Å². The Morgan fingerprint density at radius 1 is 1.27 bits per heavy atom. The number of ether oxygens (including phenoxy) is 2. The van der Waals surface area contributed by atoms with E-state index in [0.29, 0.717) is 12.0 Å². The van der Waals surface area contributed by atoms with Crippen LogP contribution < -0.4 is 0 Å². The summed E-state index contributed by atoms with van der Waals surface area (Å²) in [6.45, 7) is 1.95. The standard InChI is InChI=1S/C20H21BrO5/c1-2-6-13(17(22)10-7-4-3-5-8-10)25-19(23)14-11-9-12-15(14)20(24)26-18(12)16(11)21/h3-5,7-8,11-16,18H,2,6,9H2,1H3/t11-,12-,13+,14-,15+,16+,18+/m1/s1. The first-order valence-corrected chi connectivity index (χ1v) is 10.1. The van der Waals surface area contributed by atoms with Crippen molar-refractivity contribution in [2.24, 2.45) is 23.7 Å². The molecule has 26 heavy (non-hydrogen) atoms. The maximum Gasteiger partial charge on any atom is 0.310 e. The molecule has 1 saturated heterocycles. The Balaban J connectivity index is 1.52. The number of halogens is 1. The fraction of sp³-hybridized carbons (Fsp3) is 0.550. The van der Waals surface area contributed by atoms with Gasteiger partial charge in [0.25, 0.3) is 0 Å². The first kappa shape index (κ1) is 17.7. The number of carbonyl (C=O) groups is 3. The van der Waals surface area contributed by atoms with Crippen LogP contribution in [0.15, 0.2) is 30.3 Å². The Kier molecular flexibility index (Phi) is 4.63. The minimum atomic E-state index is -0.809. The molecule has 1 aromatic rings. The lowest BCUT2D eigenvalue weighted by Gasteiger charge is -2.28. The maximum atomic E-state index is 12.9. The molecule has 1 heterocycles. The predicted molar refractivity (Wildman–Crippen MR) is 96.7 cm³/mol. The van der Waals surface area contributed by atoms with Gasteiger partial charge in [-0.3, -0.25) is 14.4 Å². The molecule has 5 nitrogen and oxygen atoms in total. The van der Waals surface area contributed by atoms with E-state index in [1.807, 2.05) is 13.0 Å². The van der Waals surface area contributed by atoms with E-state index >= 15 is 0 Å². The van der Waals surface area contributed by atoms with Gasteiger partial charge in [0.2, 0.25) is 5.78 Å². The largest absolute Gasteiger partial charge is 0.461 e. The molecule has 3 aliphatic rings. The second kappa shape index (κ2) is 6.80. The molecule has 2 bridgehead atoms. The third-order valence-electron chi connectivity index (χ3n) is 5.96. The minimum absolute atomic E-state index is 0.0119. The second-order valence-electron chi connectivity index (χ2n) is 7.41. The van der Waals surface area contributed by atoms with Gasteiger partial charge in [-0.25, -0.2) is 0 Å². The van der Waals surface area contributed by atoms with Crippen LogP contribution in [0.2, 0.25) is 0 Å². The number of hydrogen-bond acceptors (Lipinski definition) is 5. The van der Waals surface area contributed by atoms with Crippen molar-refractivity contribution in [1.29, 1.82) is 0 Å². The van der Waals surface area contributed by atoms with Gasteiger partial charge in [0.05, 0.1) is 16.7 Å². The van der Waals surface area contributed by atoms with Crippen LogP contribution in [0.3, 0.4) is 0 Å². The monoisotopic (exact) mass is 420 g/mol. The summed E-state index contributed by atoms with van der Waals surface area (Å²) in [5.74, 6) is -1.74. The molecule has 0 unspecified atom stereocenters. The van der Waals surface area contributed by atoms with Crippen LogP contribution in [0, 0.1) is 23.7 Å². The molecule has 6 heteroatoms. The first-order valence-electron chi connectivity index (χ1n) is 9.17. The molecular formula is C20H21BrO5. The molecular weight excluding hydrogens is 400 g/mol. The Hall–Kier alpha value is -1.69. The number of benzene rings is 1. The van der Waals surface area contributed by atoms with Crippen molar-refractivity contribution in [3.63, 3.8) is 0 Å². The molecule has 1 aliphatic heterocycles. The zero-order chi connectivity index (χ0) is 18.4. The number of Topliss-reactive ketones (excluding diaryl/α,β-unsaturated/α-hetero) is 1. The number of fused-ring (bicyclic) bond motifs is 1. The Bertz CT molecular complexity index is 733. The van der Waals surface area contributed by atoms with Crippen LogP contribution in [0.25, 0.3) is 0 Å². The number of carbonyl (C=O) groups excluding carboxylic acids is 3. The van der Waals surface area contributed by atoms with Crippen LogP contribution in [-0.4, -0.2) is 34.8 Å². The molecule has 4 rings (SSSR count). The van der Waals surface area contributed by atoms with Crippen molar-refractivity contribution in [3.8, 4) is 0 Å². The van der Waals surface area contributed by atoms with Gasteiger partial charge in [-0.05, 0) is 18.8 Å². The molecule has 2 saturated carbocycles. The highest BCUT2D eigenvalue weighted by Crippen LogP contribution is 2.60. The van der Waals surface area contributed by atoms with Crippen molar-refractivity contribution >= 4 is 33.7 Å². The Morgan fingerprint density at radius 2 is 2.00 bits per heavy atom. The van der Waals surface area contributed by atoms with Crippen LogP contribution in [0.1, 0.15) is 36.5 Å². The van der Waals surface area contributed by atoms with Crippen LogP contribution in [-0.2, 0) is 19.1 Å². The summed E-state index contributed by atoms with van der Waals surface area (Å²) in [4.78, 5) is 37.9. The molecule has 2 aliphatic carbocycles. The van der Waals surface area contributed by atoms with Gasteiger partial charge in [-0.1, -0.05) is 59.6 Å². The summed E-state index contributed by atoms with van der Waals surface area (Å²) in [6.07, 6.45) is 1.05. The molecule has 7 atom stereocenters. The molecule has 0 radical (unpaired) electrons. The maximum absolute atomic E-state index is 12.9. The van der Waals surface area contributed by atoms with Gasteiger partial charge >= 0.3 is 11.9 Å². The summed E-state index contributed by atoms with van der Waals surface area (Å²) in [7, 11) is 0. The van der Waals surface area contributed by atoms with E-state index in [9.17, 15) is 14.4 Å². The van der Waals surface area contributed by atoms with Crippen molar-refractivity contribution in [3.05, 3.63) is 35.9 Å². The summed E-state index contributed by atoms with van der Waals surface area (Å²) in [5, 5.41) is 0. The summed E-state index contributed by atoms with van der Waals surface area (Å²) >= 11 is 3.60. The van der Waals surface area contributed by atoms with Crippen LogP contribution in [0.5, 0.6) is 0 Å². The fourth-order valence-corrected chi connectivity index (χ4v) is 5.85. The van der Waals surface area contributed by atoms with E-state index in [0.717, 1.165) is 12.8 Å². The van der Waals surface area contributed by atoms with Gasteiger partial charge in [0, 0.05) is 11.5 Å². The highest BCUT2D eigenvalue weighted by Gasteiger charge is 2.68. The number of rotatable bonds is 6. The third kappa shape index (κ3) is 2.70. The molecule has 0 aromatic heterocycles. The van der Waals surface area contributed by atoms with Gasteiger partial charge in [-0.2, -0.15) is 0 Å². The quantitative estimate of drug-likeness (QED) is 0.401. The topological polar surface area (TPSA) is 69.7 Å². The first-order chi connectivity index (χ1) is 12.5. The van der Waals surface area contributed by atoms with Crippen molar-refractivity contribution in [1.82, 2.24) is 0 Å². The van der Waals surface area contributed by atoms with Gasteiger partial charge in [-0.15, -0.1) is 0 Å². The molecule has 3 fully saturated rings. The van der Waals surface area contributed by atoms with E-state index in [4.69, 9.17) is 9.47 Å². The summed E-state index contributed by atoms with van der Waals surface area (Å²) in [5.41, 5.74) is 0.533. The summed E-state index contributed by atoms with van der Waals surface area (Å²) in [6, 6.07) is 8.87. The smallest absolute Gasteiger partial charge is 0.310 e. The molecule has 1 aromatic carbocycles. The Labute approximate surface area is 160 Å². The molecule has 0 amide bonds. The minimum Gasteiger partial charge on any atom is -0.461 e. The molecule has 0 N–H and O–H groups in total. The molecule has 138 valence electrons. The van der Waals surface area contributed by atoms with Gasteiger partial charge in [0.15, 0.2) is 6.10 Å². The van der Waals surface area contributed by atoms with Crippen LogP contribution >= 0.6 is 15.9 Å². The lowest BCUT2D eigenvalue weighted by Crippen LogP contribution is -2.41. The normalized spacial score (nSPS) is 35.2. The van der Waals surface area contributed by atoms with Crippen LogP contribution in [0.4, 0.5) is 0 Å². The van der Waals surface area contributed by atoms with Gasteiger partial charge in [0.1, 0.15) is 6.10 Å². The Morgan fingerprint density at radius 3 is 2.69 bits per heavy atom. The van der Waals surface area contributed by atoms with E-state index < -0.39 is 23.9 Å². The lowest BCUT2D eigenvalue weighted by atomic mass is 9.80. The summed E-state index contributed by atoms with van der Waals surface area (Å²) < 4.78 is 11.1. The predicted octanol–water partition coefficient (Wildman–Crippen LogP) is 3.15.